The molecule has 0 saturated carbocycles. The molecule has 1 aliphatic heterocycles. The molecule has 2 atom stereocenters. The molecule has 0 aromatic carbocycles. The van der Waals surface area contributed by atoms with Gasteiger partial charge in [-0.25, -0.2) is 0 Å². The van der Waals surface area contributed by atoms with E-state index in [2.05, 4.69) is 13.8 Å². The largest absolute Gasteiger partial charge is 0.337 e. The van der Waals surface area contributed by atoms with Crippen molar-refractivity contribution in [1.82, 2.24) is 4.90 Å². The van der Waals surface area contributed by atoms with Crippen LogP contribution in [0.4, 0.5) is 0 Å². The van der Waals surface area contributed by atoms with Gasteiger partial charge in [0.25, 0.3) is 0 Å². The highest BCUT2D eigenvalue weighted by molar-refractivity contribution is 6.18. The van der Waals surface area contributed by atoms with Crippen LogP contribution in [0.5, 0.6) is 0 Å². The summed E-state index contributed by atoms with van der Waals surface area (Å²) in [6, 6.07) is 0.805. The van der Waals surface area contributed by atoms with Crippen LogP contribution in [0.2, 0.25) is 0 Å². The zero-order chi connectivity index (χ0) is 9.84. The maximum absolute atomic E-state index is 11.7. The number of carbonyl (C=O) groups is 1. The monoisotopic (exact) mass is 203 g/mol. The topological polar surface area (TPSA) is 20.3 Å². The SMILES string of the molecule is CC1CCCC(C)N1C(=O)CCCl. The molecule has 2 unspecified atom stereocenters. The van der Waals surface area contributed by atoms with Crippen LogP contribution >= 0.6 is 11.6 Å². The van der Waals surface area contributed by atoms with Crippen LogP contribution < -0.4 is 0 Å². The molecule has 0 spiro atoms. The van der Waals surface area contributed by atoms with Crippen LogP contribution in [0.3, 0.4) is 0 Å². The molecule has 1 aliphatic rings. The van der Waals surface area contributed by atoms with Gasteiger partial charge in [-0.15, -0.1) is 11.6 Å². The molecule has 0 aromatic heterocycles. The zero-order valence-corrected chi connectivity index (χ0v) is 9.18. The van der Waals surface area contributed by atoms with Crippen LogP contribution in [0.15, 0.2) is 0 Å². The summed E-state index contributed by atoms with van der Waals surface area (Å²) in [4.78, 5) is 13.7. The smallest absolute Gasteiger partial charge is 0.224 e. The van der Waals surface area contributed by atoms with E-state index in [1.54, 1.807) is 0 Å². The van der Waals surface area contributed by atoms with E-state index in [4.69, 9.17) is 11.6 Å². The lowest BCUT2D eigenvalue weighted by molar-refractivity contribution is -0.136. The summed E-state index contributed by atoms with van der Waals surface area (Å²) in [7, 11) is 0. The van der Waals surface area contributed by atoms with E-state index in [-0.39, 0.29) is 5.91 Å². The van der Waals surface area contributed by atoms with Crippen molar-refractivity contribution in [3.05, 3.63) is 0 Å². The van der Waals surface area contributed by atoms with Gasteiger partial charge in [0.2, 0.25) is 5.91 Å². The fourth-order valence-corrected chi connectivity index (χ4v) is 2.28. The number of rotatable bonds is 2. The van der Waals surface area contributed by atoms with Crippen LogP contribution in [0, 0.1) is 0 Å². The first-order valence-corrected chi connectivity index (χ1v) is 5.57. The maximum Gasteiger partial charge on any atom is 0.224 e. The molecule has 3 heteroatoms. The average molecular weight is 204 g/mol. The van der Waals surface area contributed by atoms with Gasteiger partial charge in [-0.1, -0.05) is 0 Å². The Bertz CT molecular complexity index is 174. The summed E-state index contributed by atoms with van der Waals surface area (Å²) < 4.78 is 0. The molecule has 0 radical (unpaired) electrons. The van der Waals surface area contributed by atoms with Crippen molar-refractivity contribution in [3.63, 3.8) is 0 Å². The number of likely N-dealkylation sites (tertiary alicyclic amines) is 1. The van der Waals surface area contributed by atoms with Crippen molar-refractivity contribution in [3.8, 4) is 0 Å². The lowest BCUT2D eigenvalue weighted by Gasteiger charge is -2.39. The van der Waals surface area contributed by atoms with Gasteiger partial charge >= 0.3 is 0 Å². The Balaban J connectivity index is 2.57. The first kappa shape index (κ1) is 10.8. The molecule has 2 nitrogen and oxygen atoms in total. The van der Waals surface area contributed by atoms with E-state index in [1.807, 2.05) is 4.90 Å². The van der Waals surface area contributed by atoms with Gasteiger partial charge < -0.3 is 4.90 Å². The molecule has 13 heavy (non-hydrogen) atoms. The van der Waals surface area contributed by atoms with E-state index in [0.29, 0.717) is 24.4 Å². The molecule has 0 N–H and O–H groups in total. The Labute approximate surface area is 85.2 Å². The van der Waals surface area contributed by atoms with Crippen LogP contribution in [-0.4, -0.2) is 28.8 Å². The Hall–Kier alpha value is -0.240. The number of nitrogens with zero attached hydrogens (tertiary/aromatic N) is 1. The van der Waals surface area contributed by atoms with Crippen LogP contribution in [0.25, 0.3) is 0 Å². The summed E-state index contributed by atoms with van der Waals surface area (Å²) in [6.07, 6.45) is 4.00. The second-order valence-corrected chi connectivity index (χ2v) is 4.25. The second kappa shape index (κ2) is 4.85. The first-order chi connectivity index (χ1) is 6.16. The zero-order valence-electron chi connectivity index (χ0n) is 8.42. The number of hydrogen-bond donors (Lipinski definition) is 0. The molecule has 1 saturated heterocycles. The Morgan fingerprint density at radius 3 is 2.38 bits per heavy atom. The molecule has 1 fully saturated rings. The minimum absolute atomic E-state index is 0.217. The molecular weight excluding hydrogens is 186 g/mol. The third-order valence-corrected chi connectivity index (χ3v) is 2.98. The summed E-state index contributed by atoms with van der Waals surface area (Å²) in [5, 5.41) is 0. The molecule has 1 amide bonds. The van der Waals surface area contributed by atoms with E-state index in [9.17, 15) is 4.79 Å². The predicted molar refractivity (Wildman–Crippen MR) is 55.0 cm³/mol. The third-order valence-electron chi connectivity index (χ3n) is 2.79. The van der Waals surface area contributed by atoms with E-state index >= 15 is 0 Å². The highest BCUT2D eigenvalue weighted by atomic mass is 35.5. The number of carbonyl (C=O) groups excluding carboxylic acids is 1. The Kier molecular flexibility index (Phi) is 4.04. The normalized spacial score (nSPS) is 29.0. The molecule has 1 rings (SSSR count). The number of amides is 1. The van der Waals surface area contributed by atoms with Gasteiger partial charge in [-0.2, -0.15) is 0 Å². The number of alkyl halides is 1. The lowest BCUT2D eigenvalue weighted by Crippen LogP contribution is -2.47. The van der Waals surface area contributed by atoms with E-state index in [0.717, 1.165) is 12.8 Å². The molecule has 76 valence electrons. The molecule has 1 heterocycles. The van der Waals surface area contributed by atoms with E-state index < -0.39 is 0 Å². The first-order valence-electron chi connectivity index (χ1n) is 5.04. The van der Waals surface area contributed by atoms with Gasteiger partial charge in [0.05, 0.1) is 0 Å². The third kappa shape index (κ3) is 2.60. The molecular formula is C10H18ClNO. The summed E-state index contributed by atoms with van der Waals surface area (Å²) in [5.41, 5.74) is 0. The van der Waals surface area contributed by atoms with Crippen LogP contribution in [0.1, 0.15) is 39.5 Å². The van der Waals surface area contributed by atoms with Crippen molar-refractivity contribution in [2.24, 2.45) is 0 Å². The van der Waals surface area contributed by atoms with Crippen molar-refractivity contribution in [2.45, 2.75) is 51.6 Å². The fourth-order valence-electron chi connectivity index (χ4n) is 2.12. The predicted octanol–water partition coefficient (Wildman–Crippen LogP) is 2.40. The Morgan fingerprint density at radius 1 is 1.38 bits per heavy atom. The van der Waals surface area contributed by atoms with Gasteiger partial charge in [0.15, 0.2) is 0 Å². The number of piperidine rings is 1. The summed E-state index contributed by atoms with van der Waals surface area (Å²) in [5.74, 6) is 0.657. The maximum atomic E-state index is 11.7. The minimum Gasteiger partial charge on any atom is -0.337 e. The summed E-state index contributed by atoms with van der Waals surface area (Å²) in [6.45, 7) is 4.25. The standard InChI is InChI=1S/C10H18ClNO/c1-8-4-3-5-9(2)12(8)10(13)6-7-11/h8-9H,3-7H2,1-2H3. The van der Waals surface area contributed by atoms with Gasteiger partial charge in [-0.3, -0.25) is 4.79 Å². The molecule has 0 aromatic rings. The lowest BCUT2D eigenvalue weighted by atomic mass is 9.97. The quantitative estimate of drug-likeness (QED) is 0.632. The Morgan fingerprint density at radius 2 is 1.92 bits per heavy atom. The van der Waals surface area contributed by atoms with Gasteiger partial charge in [0, 0.05) is 24.4 Å². The average Bonchev–Trinajstić information content (AvgIpc) is 2.04. The van der Waals surface area contributed by atoms with Gasteiger partial charge in [0.1, 0.15) is 0 Å². The van der Waals surface area contributed by atoms with Crippen LogP contribution in [-0.2, 0) is 4.79 Å². The highest BCUT2D eigenvalue weighted by Crippen LogP contribution is 2.23. The van der Waals surface area contributed by atoms with E-state index in [1.165, 1.54) is 6.42 Å². The molecule has 0 aliphatic carbocycles. The minimum atomic E-state index is 0.217. The van der Waals surface area contributed by atoms with Crippen molar-refractivity contribution < 1.29 is 4.79 Å². The highest BCUT2D eigenvalue weighted by Gasteiger charge is 2.27. The van der Waals surface area contributed by atoms with Crippen molar-refractivity contribution in [1.29, 1.82) is 0 Å². The number of halogens is 1. The van der Waals surface area contributed by atoms with Gasteiger partial charge in [-0.05, 0) is 33.1 Å². The van der Waals surface area contributed by atoms with Crippen molar-refractivity contribution in [2.75, 3.05) is 5.88 Å². The van der Waals surface area contributed by atoms with Crippen molar-refractivity contribution >= 4 is 17.5 Å². The molecule has 0 bridgehead atoms. The number of hydrogen-bond acceptors (Lipinski definition) is 1. The second-order valence-electron chi connectivity index (χ2n) is 3.87. The summed E-state index contributed by atoms with van der Waals surface area (Å²) >= 11 is 5.56. The fraction of sp³-hybridized carbons (Fsp3) is 0.900.